The molecular formula is C16H14Cl2O4. The van der Waals surface area contributed by atoms with Crippen molar-refractivity contribution >= 4 is 29.2 Å². The van der Waals surface area contributed by atoms with Crippen LogP contribution >= 0.6 is 23.2 Å². The topological polar surface area (TPSA) is 55.8 Å². The second-order valence-electron chi connectivity index (χ2n) is 4.57. The molecule has 2 aromatic carbocycles. The summed E-state index contributed by atoms with van der Waals surface area (Å²) in [5.41, 5.74) is 0.743. The number of hydrogen-bond acceptors (Lipinski definition) is 3. The molecule has 0 spiro atoms. The highest BCUT2D eigenvalue weighted by molar-refractivity contribution is 6.32. The van der Waals surface area contributed by atoms with E-state index in [2.05, 4.69) is 0 Å². The van der Waals surface area contributed by atoms with Gasteiger partial charge in [-0.25, -0.2) is 4.79 Å². The van der Waals surface area contributed by atoms with Crippen LogP contribution in [0.25, 0.3) is 0 Å². The van der Waals surface area contributed by atoms with Crippen LogP contribution in [0.2, 0.25) is 10.0 Å². The Bertz CT molecular complexity index is 656. The number of aliphatic carboxylic acids is 1. The monoisotopic (exact) mass is 340 g/mol. The molecule has 116 valence electrons. The molecule has 1 N–H and O–H groups in total. The van der Waals surface area contributed by atoms with Gasteiger partial charge in [-0.3, -0.25) is 0 Å². The van der Waals surface area contributed by atoms with E-state index in [-0.39, 0.29) is 6.42 Å². The molecule has 0 radical (unpaired) electrons. The van der Waals surface area contributed by atoms with Crippen LogP contribution in [0, 0.1) is 0 Å². The lowest BCUT2D eigenvalue weighted by Gasteiger charge is -2.16. The number of ether oxygens (including phenoxy) is 2. The van der Waals surface area contributed by atoms with Gasteiger partial charge in [0.15, 0.2) is 6.10 Å². The van der Waals surface area contributed by atoms with Crippen molar-refractivity contribution in [2.45, 2.75) is 12.5 Å². The van der Waals surface area contributed by atoms with Crippen LogP contribution in [-0.2, 0) is 11.2 Å². The molecule has 0 unspecified atom stereocenters. The first-order valence-electron chi connectivity index (χ1n) is 6.47. The van der Waals surface area contributed by atoms with E-state index < -0.39 is 12.1 Å². The third kappa shape index (κ3) is 4.29. The molecule has 2 aromatic rings. The molecule has 0 heterocycles. The lowest BCUT2D eigenvalue weighted by atomic mass is 10.1. The van der Waals surface area contributed by atoms with Gasteiger partial charge >= 0.3 is 5.97 Å². The maximum atomic E-state index is 11.4. The smallest absolute Gasteiger partial charge is 0.345 e. The quantitative estimate of drug-likeness (QED) is 0.860. The van der Waals surface area contributed by atoms with Crippen LogP contribution < -0.4 is 9.47 Å². The van der Waals surface area contributed by atoms with Crippen molar-refractivity contribution < 1.29 is 19.4 Å². The van der Waals surface area contributed by atoms with Crippen molar-refractivity contribution in [3.8, 4) is 11.5 Å². The van der Waals surface area contributed by atoms with Crippen LogP contribution in [0.3, 0.4) is 0 Å². The van der Waals surface area contributed by atoms with Gasteiger partial charge in [-0.2, -0.15) is 0 Å². The van der Waals surface area contributed by atoms with Crippen molar-refractivity contribution in [2.75, 3.05) is 7.11 Å². The summed E-state index contributed by atoms with van der Waals surface area (Å²) in [7, 11) is 1.52. The highest BCUT2D eigenvalue weighted by Crippen LogP contribution is 2.26. The number of halogens is 2. The van der Waals surface area contributed by atoms with Gasteiger partial charge in [0, 0.05) is 11.4 Å². The summed E-state index contributed by atoms with van der Waals surface area (Å²) in [6.45, 7) is 0. The van der Waals surface area contributed by atoms with Crippen LogP contribution in [0.4, 0.5) is 0 Å². The predicted octanol–water partition coefficient (Wildman–Crippen LogP) is 4.08. The molecule has 0 aliphatic heterocycles. The lowest BCUT2D eigenvalue weighted by molar-refractivity contribution is -0.145. The molecule has 4 nitrogen and oxygen atoms in total. The Labute approximate surface area is 138 Å². The van der Waals surface area contributed by atoms with Gasteiger partial charge in [0.1, 0.15) is 11.5 Å². The maximum absolute atomic E-state index is 11.4. The second kappa shape index (κ2) is 7.38. The van der Waals surface area contributed by atoms with Crippen LogP contribution in [0.5, 0.6) is 11.5 Å². The summed E-state index contributed by atoms with van der Waals surface area (Å²) in [5.74, 6) is -0.0748. The number of hydrogen-bond donors (Lipinski definition) is 1. The van der Waals surface area contributed by atoms with E-state index in [4.69, 9.17) is 32.7 Å². The van der Waals surface area contributed by atoms with Gasteiger partial charge in [-0.05, 0) is 42.0 Å². The Morgan fingerprint density at radius 2 is 1.86 bits per heavy atom. The highest BCUT2D eigenvalue weighted by Gasteiger charge is 2.20. The van der Waals surface area contributed by atoms with Gasteiger partial charge in [-0.1, -0.05) is 29.3 Å². The second-order valence-corrected chi connectivity index (χ2v) is 5.42. The zero-order valence-corrected chi connectivity index (χ0v) is 13.3. The Morgan fingerprint density at radius 1 is 1.18 bits per heavy atom. The van der Waals surface area contributed by atoms with E-state index >= 15 is 0 Å². The molecular weight excluding hydrogens is 327 g/mol. The minimum Gasteiger partial charge on any atom is -0.495 e. The fraction of sp³-hybridized carbons (Fsp3) is 0.188. The van der Waals surface area contributed by atoms with Crippen LogP contribution in [0.15, 0.2) is 42.5 Å². The Balaban J connectivity index is 2.13. The normalized spacial score (nSPS) is 11.8. The van der Waals surface area contributed by atoms with Gasteiger partial charge in [0.25, 0.3) is 0 Å². The van der Waals surface area contributed by atoms with Crippen LogP contribution in [0.1, 0.15) is 5.56 Å². The van der Waals surface area contributed by atoms with Gasteiger partial charge in [0.05, 0.1) is 12.1 Å². The Morgan fingerprint density at radius 3 is 2.41 bits per heavy atom. The minimum absolute atomic E-state index is 0.182. The number of rotatable bonds is 6. The molecule has 0 saturated carbocycles. The summed E-state index contributed by atoms with van der Waals surface area (Å²) in [6, 6.07) is 11.6. The van der Waals surface area contributed by atoms with Crippen molar-refractivity contribution in [1.82, 2.24) is 0 Å². The molecule has 0 amide bonds. The SMILES string of the molecule is COc1ccc(C[C@@H](Oc2ccc(Cl)cc2)C(=O)O)cc1Cl. The van der Waals surface area contributed by atoms with E-state index in [1.807, 2.05) is 0 Å². The summed E-state index contributed by atoms with van der Waals surface area (Å²) >= 11 is 11.8. The highest BCUT2D eigenvalue weighted by atomic mass is 35.5. The van der Waals surface area contributed by atoms with Gasteiger partial charge in [-0.15, -0.1) is 0 Å². The van der Waals surface area contributed by atoms with Gasteiger partial charge in [0.2, 0.25) is 0 Å². The number of carbonyl (C=O) groups is 1. The Hall–Kier alpha value is -1.91. The van der Waals surface area contributed by atoms with E-state index in [1.54, 1.807) is 42.5 Å². The van der Waals surface area contributed by atoms with Crippen molar-refractivity contribution in [1.29, 1.82) is 0 Å². The van der Waals surface area contributed by atoms with E-state index in [1.165, 1.54) is 7.11 Å². The molecule has 0 aliphatic carbocycles. The molecule has 0 bridgehead atoms. The summed E-state index contributed by atoms with van der Waals surface area (Å²) in [6.07, 6.45) is -0.840. The third-order valence-corrected chi connectivity index (χ3v) is 3.55. The summed E-state index contributed by atoms with van der Waals surface area (Å²) in [5, 5.41) is 10.3. The lowest BCUT2D eigenvalue weighted by Crippen LogP contribution is -2.29. The maximum Gasteiger partial charge on any atom is 0.345 e. The van der Waals surface area contributed by atoms with E-state index in [0.717, 1.165) is 5.56 Å². The van der Waals surface area contributed by atoms with Crippen molar-refractivity contribution in [2.24, 2.45) is 0 Å². The number of benzene rings is 2. The molecule has 1 atom stereocenters. The first-order chi connectivity index (χ1) is 10.5. The van der Waals surface area contributed by atoms with Gasteiger partial charge < -0.3 is 14.6 Å². The van der Waals surface area contributed by atoms with Crippen molar-refractivity contribution in [3.05, 3.63) is 58.1 Å². The average molecular weight is 341 g/mol. The fourth-order valence-electron chi connectivity index (χ4n) is 1.91. The standard InChI is InChI=1S/C16H14Cl2O4/c1-21-14-7-2-10(8-13(14)18)9-15(16(19)20)22-12-5-3-11(17)4-6-12/h2-8,15H,9H2,1H3,(H,19,20)/t15-/m1/s1. The Kier molecular flexibility index (Phi) is 5.52. The molecule has 2 rings (SSSR count). The molecule has 0 aromatic heterocycles. The summed E-state index contributed by atoms with van der Waals surface area (Å²) in [4.78, 5) is 11.4. The minimum atomic E-state index is -1.05. The fourth-order valence-corrected chi connectivity index (χ4v) is 2.31. The average Bonchev–Trinajstić information content (AvgIpc) is 2.49. The van der Waals surface area contributed by atoms with Crippen molar-refractivity contribution in [3.63, 3.8) is 0 Å². The first-order valence-corrected chi connectivity index (χ1v) is 7.22. The molecule has 0 saturated heterocycles. The molecule has 22 heavy (non-hydrogen) atoms. The van der Waals surface area contributed by atoms with E-state index in [9.17, 15) is 9.90 Å². The first kappa shape index (κ1) is 16.5. The largest absolute Gasteiger partial charge is 0.495 e. The summed E-state index contributed by atoms with van der Waals surface area (Å²) < 4.78 is 10.6. The molecule has 0 aliphatic rings. The zero-order chi connectivity index (χ0) is 16.1. The van der Waals surface area contributed by atoms with E-state index in [0.29, 0.717) is 21.5 Å². The molecule has 6 heteroatoms. The zero-order valence-electron chi connectivity index (χ0n) is 11.8. The van der Waals surface area contributed by atoms with Crippen LogP contribution in [-0.4, -0.2) is 24.3 Å². The predicted molar refractivity (Wildman–Crippen MR) is 85.2 cm³/mol. The number of methoxy groups -OCH3 is 1. The number of carboxylic acid groups (broad SMARTS) is 1. The molecule has 0 fully saturated rings. The third-order valence-electron chi connectivity index (χ3n) is 3.00. The number of carboxylic acids is 1.